The fraction of sp³-hybridized carbons (Fsp3) is 0.176. The number of alkyl halides is 5. The van der Waals surface area contributed by atoms with Gasteiger partial charge in [0.15, 0.2) is 5.41 Å². The molecule has 4 nitrogen and oxygen atoms in total. The van der Waals surface area contributed by atoms with Gasteiger partial charge in [-0.1, -0.05) is 24.3 Å². The van der Waals surface area contributed by atoms with Crippen LogP contribution in [0.2, 0.25) is 0 Å². The third-order valence-corrected chi connectivity index (χ3v) is 3.95. The van der Waals surface area contributed by atoms with Crippen LogP contribution in [-0.2, 0) is 5.41 Å². The van der Waals surface area contributed by atoms with Crippen molar-refractivity contribution in [3.8, 4) is 0 Å². The van der Waals surface area contributed by atoms with E-state index in [1.54, 1.807) is 0 Å². The molecule has 2 N–H and O–H groups in total. The van der Waals surface area contributed by atoms with Crippen LogP contribution in [0.1, 0.15) is 31.8 Å². The van der Waals surface area contributed by atoms with Gasteiger partial charge in [0.2, 0.25) is 0 Å². The molecule has 0 fully saturated rings. The van der Waals surface area contributed by atoms with E-state index in [0.29, 0.717) is 24.3 Å². The molecule has 2 rings (SSSR count). The lowest BCUT2D eigenvalue weighted by Crippen LogP contribution is -2.49. The van der Waals surface area contributed by atoms with Gasteiger partial charge < -0.3 is 10.2 Å². The van der Waals surface area contributed by atoms with Crippen LogP contribution in [0.4, 0.5) is 22.0 Å². The van der Waals surface area contributed by atoms with Gasteiger partial charge in [0.25, 0.3) is 6.43 Å². The molecule has 0 aliphatic heterocycles. The average Bonchev–Trinajstić information content (AvgIpc) is 2.54. The van der Waals surface area contributed by atoms with Crippen molar-refractivity contribution in [2.45, 2.75) is 18.0 Å². The number of hydrogen-bond donors (Lipinski definition) is 2. The van der Waals surface area contributed by atoms with Crippen LogP contribution in [0, 0.1) is 0 Å². The molecule has 0 spiro atoms. The van der Waals surface area contributed by atoms with E-state index in [1.165, 1.54) is 0 Å². The van der Waals surface area contributed by atoms with Gasteiger partial charge in [-0.05, 0) is 35.4 Å². The number of hydrogen-bond acceptors (Lipinski definition) is 2. The Morgan fingerprint density at radius 2 is 1.04 bits per heavy atom. The van der Waals surface area contributed by atoms with E-state index in [0.717, 1.165) is 24.3 Å². The molecule has 26 heavy (non-hydrogen) atoms. The zero-order valence-corrected chi connectivity index (χ0v) is 12.8. The maximum atomic E-state index is 13.8. The summed E-state index contributed by atoms with van der Waals surface area (Å²) in [6.07, 6.45) is -9.36. The van der Waals surface area contributed by atoms with Crippen LogP contribution in [-0.4, -0.2) is 34.8 Å². The second-order valence-corrected chi connectivity index (χ2v) is 5.37. The number of halogens is 5. The Kier molecular flexibility index (Phi) is 5.02. The van der Waals surface area contributed by atoms with Crippen LogP contribution in [0.5, 0.6) is 0 Å². The highest BCUT2D eigenvalue weighted by Gasteiger charge is 2.63. The molecular weight excluding hydrogens is 363 g/mol. The van der Waals surface area contributed by atoms with Crippen molar-refractivity contribution in [2.24, 2.45) is 0 Å². The summed E-state index contributed by atoms with van der Waals surface area (Å²) < 4.78 is 69.0. The average molecular weight is 374 g/mol. The Balaban J connectivity index is 2.73. The lowest BCUT2D eigenvalue weighted by atomic mass is 9.73. The van der Waals surface area contributed by atoms with Gasteiger partial charge in [0.1, 0.15) is 0 Å². The molecule has 0 heterocycles. The molecule has 0 atom stereocenters. The van der Waals surface area contributed by atoms with Gasteiger partial charge in [0.05, 0.1) is 11.1 Å². The molecule has 0 unspecified atom stereocenters. The Morgan fingerprint density at radius 3 is 1.23 bits per heavy atom. The van der Waals surface area contributed by atoms with Crippen LogP contribution < -0.4 is 0 Å². The third kappa shape index (κ3) is 3.12. The topological polar surface area (TPSA) is 74.6 Å². The molecule has 0 bridgehead atoms. The normalized spacial score (nSPS) is 12.2. The summed E-state index contributed by atoms with van der Waals surface area (Å²) in [5.74, 6) is -2.84. The number of aromatic carboxylic acids is 2. The second kappa shape index (κ2) is 6.74. The van der Waals surface area contributed by atoms with Crippen LogP contribution in [0.3, 0.4) is 0 Å². The van der Waals surface area contributed by atoms with E-state index in [2.05, 4.69) is 0 Å². The lowest BCUT2D eigenvalue weighted by Gasteiger charge is -2.36. The van der Waals surface area contributed by atoms with E-state index >= 15 is 0 Å². The summed E-state index contributed by atoms with van der Waals surface area (Å²) in [6, 6.07) is 5.89. The van der Waals surface area contributed by atoms with E-state index in [1.807, 2.05) is 0 Å². The molecule has 0 radical (unpaired) electrons. The minimum atomic E-state index is -5.43. The highest BCUT2D eigenvalue weighted by molar-refractivity contribution is 5.88. The van der Waals surface area contributed by atoms with Gasteiger partial charge >= 0.3 is 18.1 Å². The number of benzene rings is 2. The standard InChI is InChI=1S/C17H11F5O4/c18-15(19)16(17(20,21)22,11-5-1-9(2-6-11)13(23)24)12-7-3-10(4-8-12)14(25)26/h1-8,15H,(H,23,24)(H,25,26). The quantitative estimate of drug-likeness (QED) is 0.770. The lowest BCUT2D eigenvalue weighted by molar-refractivity contribution is -0.211. The maximum Gasteiger partial charge on any atom is 0.407 e. The summed E-state index contributed by atoms with van der Waals surface area (Å²) in [4.78, 5) is 21.7. The van der Waals surface area contributed by atoms with Crippen LogP contribution in [0.15, 0.2) is 48.5 Å². The number of carboxylic acids is 2. The van der Waals surface area contributed by atoms with Crippen LogP contribution >= 0.6 is 0 Å². The van der Waals surface area contributed by atoms with E-state index in [-0.39, 0.29) is 11.1 Å². The summed E-state index contributed by atoms with van der Waals surface area (Å²) in [5.41, 5.74) is -6.16. The van der Waals surface area contributed by atoms with Crippen LogP contribution in [0.25, 0.3) is 0 Å². The molecule has 9 heteroatoms. The van der Waals surface area contributed by atoms with Gasteiger partial charge in [0, 0.05) is 0 Å². The minimum Gasteiger partial charge on any atom is -0.478 e. The number of carbonyl (C=O) groups is 2. The molecule has 0 saturated carbocycles. The molecule has 0 aliphatic rings. The Bertz CT molecular complexity index is 753. The summed E-state index contributed by atoms with van der Waals surface area (Å²) in [5, 5.41) is 17.6. The van der Waals surface area contributed by atoms with Crippen molar-refractivity contribution < 1.29 is 41.8 Å². The molecule has 138 valence electrons. The van der Waals surface area contributed by atoms with Crippen molar-refractivity contribution >= 4 is 11.9 Å². The van der Waals surface area contributed by atoms with Gasteiger partial charge in [-0.3, -0.25) is 0 Å². The van der Waals surface area contributed by atoms with E-state index < -0.39 is 41.1 Å². The van der Waals surface area contributed by atoms with Gasteiger partial charge in [-0.25, -0.2) is 18.4 Å². The predicted octanol–water partition coefficient (Wildman–Crippen LogP) is 4.20. The molecular formula is C17H11F5O4. The first-order chi connectivity index (χ1) is 12.0. The van der Waals surface area contributed by atoms with Crippen molar-refractivity contribution in [3.63, 3.8) is 0 Å². The third-order valence-electron chi connectivity index (χ3n) is 3.95. The highest BCUT2D eigenvalue weighted by atomic mass is 19.4. The molecule has 0 amide bonds. The Morgan fingerprint density at radius 1 is 0.731 bits per heavy atom. The van der Waals surface area contributed by atoms with Gasteiger partial charge in [-0.2, -0.15) is 13.2 Å². The summed E-state index contributed by atoms with van der Waals surface area (Å²) in [7, 11) is 0. The number of rotatable bonds is 5. The fourth-order valence-corrected chi connectivity index (χ4v) is 2.62. The second-order valence-electron chi connectivity index (χ2n) is 5.37. The van der Waals surface area contributed by atoms with Gasteiger partial charge in [-0.15, -0.1) is 0 Å². The van der Waals surface area contributed by atoms with Crippen molar-refractivity contribution in [1.82, 2.24) is 0 Å². The number of carboxylic acid groups (broad SMARTS) is 2. The first-order valence-electron chi connectivity index (χ1n) is 7.04. The Labute approximate surface area is 143 Å². The van der Waals surface area contributed by atoms with Crippen molar-refractivity contribution in [2.75, 3.05) is 0 Å². The summed E-state index contributed by atoms with van der Waals surface area (Å²) >= 11 is 0. The molecule has 2 aromatic rings. The van der Waals surface area contributed by atoms with Crippen molar-refractivity contribution in [3.05, 3.63) is 70.8 Å². The molecule has 0 aromatic heterocycles. The molecule has 2 aromatic carbocycles. The first-order valence-corrected chi connectivity index (χ1v) is 7.04. The molecule has 0 aliphatic carbocycles. The minimum absolute atomic E-state index is 0.361. The highest BCUT2D eigenvalue weighted by Crippen LogP contribution is 2.50. The van der Waals surface area contributed by atoms with Crippen molar-refractivity contribution in [1.29, 1.82) is 0 Å². The Hall–Kier alpha value is -2.97. The van der Waals surface area contributed by atoms with E-state index in [4.69, 9.17) is 10.2 Å². The monoisotopic (exact) mass is 374 g/mol. The zero-order valence-electron chi connectivity index (χ0n) is 12.8. The first kappa shape index (κ1) is 19.4. The summed E-state index contributed by atoms with van der Waals surface area (Å²) in [6.45, 7) is 0. The maximum absolute atomic E-state index is 13.8. The molecule has 0 saturated heterocycles. The van der Waals surface area contributed by atoms with E-state index in [9.17, 15) is 31.5 Å². The fourth-order valence-electron chi connectivity index (χ4n) is 2.62. The zero-order chi connectivity index (χ0) is 19.7. The SMILES string of the molecule is O=C(O)c1ccc(C(c2ccc(C(=O)O)cc2)(C(F)F)C(F)(F)F)cc1. The largest absolute Gasteiger partial charge is 0.478 e. The predicted molar refractivity (Wildman–Crippen MR) is 79.6 cm³/mol. The smallest absolute Gasteiger partial charge is 0.407 e.